The molecule has 3 aromatic rings. The first-order valence-corrected chi connectivity index (χ1v) is 12.0. The van der Waals surface area contributed by atoms with Crippen LogP contribution < -0.4 is 15.8 Å². The first-order valence-electron chi connectivity index (χ1n) is 10.5. The van der Waals surface area contributed by atoms with E-state index in [0.717, 1.165) is 25.7 Å². The number of aromatic amines is 1. The van der Waals surface area contributed by atoms with Crippen molar-refractivity contribution in [1.82, 2.24) is 14.4 Å². The molecule has 0 bridgehead atoms. The Morgan fingerprint density at radius 1 is 1.12 bits per heavy atom. The fourth-order valence-corrected chi connectivity index (χ4v) is 5.30. The van der Waals surface area contributed by atoms with E-state index < -0.39 is 21.7 Å². The van der Waals surface area contributed by atoms with Crippen molar-refractivity contribution in [3.05, 3.63) is 58.6 Å². The van der Waals surface area contributed by atoms with Gasteiger partial charge in [0.05, 0.1) is 17.6 Å². The molecule has 4 rings (SSSR count). The van der Waals surface area contributed by atoms with Gasteiger partial charge in [0.25, 0.3) is 5.91 Å². The number of rotatable bonds is 6. The van der Waals surface area contributed by atoms with Crippen LogP contribution in [0.5, 0.6) is 5.75 Å². The minimum atomic E-state index is -3.73. The highest BCUT2D eigenvalue weighted by Crippen LogP contribution is 2.27. The highest BCUT2D eigenvalue weighted by molar-refractivity contribution is 7.89. The predicted molar refractivity (Wildman–Crippen MR) is 121 cm³/mol. The maximum atomic E-state index is 13.2. The van der Waals surface area contributed by atoms with Crippen molar-refractivity contribution in [2.75, 3.05) is 25.5 Å². The van der Waals surface area contributed by atoms with Crippen molar-refractivity contribution in [2.45, 2.75) is 30.6 Å². The highest BCUT2D eigenvalue weighted by atomic mass is 32.2. The monoisotopic (exact) mass is 472 g/mol. The van der Waals surface area contributed by atoms with E-state index in [1.165, 1.54) is 29.6 Å². The van der Waals surface area contributed by atoms with Crippen LogP contribution in [0.1, 0.15) is 36.0 Å². The molecule has 0 aliphatic carbocycles. The van der Waals surface area contributed by atoms with Crippen LogP contribution in [0.15, 0.2) is 56.7 Å². The Kier molecular flexibility index (Phi) is 6.61. The summed E-state index contributed by atoms with van der Waals surface area (Å²) in [6, 6.07) is 10.9. The molecule has 0 spiro atoms. The zero-order valence-corrected chi connectivity index (χ0v) is 18.9. The van der Waals surface area contributed by atoms with E-state index in [0.29, 0.717) is 24.3 Å². The summed E-state index contributed by atoms with van der Waals surface area (Å²) >= 11 is 0. The molecule has 1 aromatic heterocycles. The van der Waals surface area contributed by atoms with Gasteiger partial charge in [0.1, 0.15) is 5.75 Å². The number of ether oxygens (including phenoxy) is 1. The summed E-state index contributed by atoms with van der Waals surface area (Å²) in [5, 5.41) is 6.37. The number of sulfonamides is 1. The number of hydrogen-bond acceptors (Lipinski definition) is 7. The van der Waals surface area contributed by atoms with Gasteiger partial charge in [-0.2, -0.15) is 4.31 Å². The molecule has 10 nitrogen and oxygen atoms in total. The third-order valence-corrected chi connectivity index (χ3v) is 7.35. The molecule has 2 N–H and O–H groups in total. The summed E-state index contributed by atoms with van der Waals surface area (Å²) in [6.45, 7) is 0.930. The fourth-order valence-electron chi connectivity index (χ4n) is 3.75. The third kappa shape index (κ3) is 4.99. The number of aromatic nitrogens is 2. The number of H-pyrrole nitrogens is 1. The van der Waals surface area contributed by atoms with Crippen LogP contribution in [0.3, 0.4) is 0 Å². The van der Waals surface area contributed by atoms with Gasteiger partial charge in [-0.1, -0.05) is 30.1 Å². The van der Waals surface area contributed by atoms with Gasteiger partial charge in [-0.15, -0.1) is 0 Å². The van der Waals surface area contributed by atoms with Crippen LogP contribution in [-0.4, -0.2) is 49.0 Å². The Morgan fingerprint density at radius 2 is 1.88 bits per heavy atom. The first kappa shape index (κ1) is 22.7. The number of nitrogens with zero attached hydrogens (tertiary/aromatic N) is 2. The van der Waals surface area contributed by atoms with Gasteiger partial charge >= 0.3 is 5.76 Å². The van der Waals surface area contributed by atoms with Crippen LogP contribution >= 0.6 is 0 Å². The number of anilines is 1. The Labute approximate surface area is 190 Å². The molecule has 2 aromatic carbocycles. The minimum Gasteiger partial charge on any atom is -0.496 e. The van der Waals surface area contributed by atoms with Gasteiger partial charge in [-0.05, 0) is 43.2 Å². The van der Waals surface area contributed by atoms with E-state index in [2.05, 4.69) is 20.0 Å². The standard InChI is InChI=1S/C22H24N4O6S/c1-31-19-10-9-17(33(29,30)26-11-4-2-3-5-12-26)14-18(19)21(27)23-16-8-6-7-15(13-16)20-24-22(28)32-25-20/h6-10,13-14H,2-5,11-12H2,1H3,(H,23,27)(H,24,25,28). The molecule has 33 heavy (non-hydrogen) atoms. The lowest BCUT2D eigenvalue weighted by Gasteiger charge is -2.20. The summed E-state index contributed by atoms with van der Waals surface area (Å²) in [4.78, 5) is 26.8. The summed E-state index contributed by atoms with van der Waals surface area (Å²) < 4.78 is 37.7. The van der Waals surface area contributed by atoms with E-state index in [4.69, 9.17) is 4.74 Å². The average Bonchev–Trinajstić information content (AvgIpc) is 3.07. The number of carbonyl (C=O) groups is 1. The second-order valence-electron chi connectivity index (χ2n) is 7.66. The molecular formula is C22H24N4O6S. The largest absolute Gasteiger partial charge is 0.496 e. The van der Waals surface area contributed by atoms with Gasteiger partial charge in [0.2, 0.25) is 10.0 Å². The second kappa shape index (κ2) is 9.59. The normalized spacial score (nSPS) is 15.1. The lowest BCUT2D eigenvalue weighted by Crippen LogP contribution is -2.32. The van der Waals surface area contributed by atoms with E-state index in [1.54, 1.807) is 24.3 Å². The average molecular weight is 473 g/mol. The smallest absolute Gasteiger partial charge is 0.439 e. The van der Waals surface area contributed by atoms with E-state index in [-0.39, 0.29) is 22.0 Å². The summed E-state index contributed by atoms with van der Waals surface area (Å²) in [6.07, 6.45) is 3.64. The number of nitrogens with one attached hydrogen (secondary N) is 2. The van der Waals surface area contributed by atoms with E-state index >= 15 is 0 Å². The van der Waals surface area contributed by atoms with Crippen molar-refractivity contribution in [1.29, 1.82) is 0 Å². The molecular weight excluding hydrogens is 448 g/mol. The first-order chi connectivity index (χ1) is 15.9. The number of carbonyl (C=O) groups excluding carboxylic acids is 1. The van der Waals surface area contributed by atoms with Crippen molar-refractivity contribution in [2.24, 2.45) is 0 Å². The van der Waals surface area contributed by atoms with Crippen LogP contribution in [0.25, 0.3) is 11.4 Å². The number of amides is 1. The molecule has 2 heterocycles. The maximum absolute atomic E-state index is 13.2. The molecule has 0 atom stereocenters. The molecule has 0 unspecified atom stereocenters. The van der Waals surface area contributed by atoms with Gasteiger partial charge in [0, 0.05) is 24.3 Å². The zero-order chi connectivity index (χ0) is 23.4. The van der Waals surface area contributed by atoms with Gasteiger partial charge in [0.15, 0.2) is 5.82 Å². The van der Waals surface area contributed by atoms with Crippen LogP contribution in [-0.2, 0) is 10.0 Å². The zero-order valence-electron chi connectivity index (χ0n) is 18.0. The Balaban J connectivity index is 1.62. The number of methoxy groups -OCH3 is 1. The lowest BCUT2D eigenvalue weighted by atomic mass is 10.1. The Hall–Kier alpha value is -3.44. The van der Waals surface area contributed by atoms with Gasteiger partial charge in [-0.25, -0.2) is 13.2 Å². The summed E-state index contributed by atoms with van der Waals surface area (Å²) in [5.74, 6) is -0.754. The Morgan fingerprint density at radius 3 is 2.55 bits per heavy atom. The Bertz CT molecular complexity index is 1310. The third-order valence-electron chi connectivity index (χ3n) is 5.45. The van der Waals surface area contributed by atoms with Gasteiger partial charge in [-0.3, -0.25) is 14.3 Å². The quantitative estimate of drug-likeness (QED) is 0.563. The maximum Gasteiger partial charge on any atom is 0.439 e. The molecule has 1 amide bonds. The molecule has 1 fully saturated rings. The van der Waals surface area contributed by atoms with Crippen molar-refractivity contribution in [3.63, 3.8) is 0 Å². The molecule has 1 aliphatic rings. The molecule has 0 radical (unpaired) electrons. The molecule has 1 saturated heterocycles. The number of hydrogen-bond donors (Lipinski definition) is 2. The second-order valence-corrected chi connectivity index (χ2v) is 9.60. The minimum absolute atomic E-state index is 0.0456. The summed E-state index contributed by atoms with van der Waals surface area (Å²) in [5.41, 5.74) is 1.04. The van der Waals surface area contributed by atoms with Crippen molar-refractivity contribution >= 4 is 21.6 Å². The lowest BCUT2D eigenvalue weighted by molar-refractivity contribution is 0.102. The molecule has 1 aliphatic heterocycles. The van der Waals surface area contributed by atoms with Crippen LogP contribution in [0.2, 0.25) is 0 Å². The number of benzene rings is 2. The molecule has 174 valence electrons. The topological polar surface area (TPSA) is 135 Å². The van der Waals surface area contributed by atoms with Gasteiger partial charge < -0.3 is 10.1 Å². The molecule has 11 heteroatoms. The predicted octanol–water partition coefficient (Wildman–Crippen LogP) is 2.86. The summed E-state index contributed by atoms with van der Waals surface area (Å²) in [7, 11) is -2.32. The highest BCUT2D eigenvalue weighted by Gasteiger charge is 2.27. The molecule has 0 saturated carbocycles. The van der Waals surface area contributed by atoms with Crippen molar-refractivity contribution < 1.29 is 22.5 Å². The fraction of sp³-hybridized carbons (Fsp3) is 0.318. The SMILES string of the molecule is COc1ccc(S(=O)(=O)N2CCCCCC2)cc1C(=O)Nc1cccc(-c2noc(=O)[nH]2)c1. The van der Waals surface area contributed by atoms with Crippen molar-refractivity contribution in [3.8, 4) is 17.1 Å². The van der Waals surface area contributed by atoms with Crippen LogP contribution in [0, 0.1) is 0 Å². The van der Waals surface area contributed by atoms with E-state index in [1.807, 2.05) is 0 Å². The van der Waals surface area contributed by atoms with E-state index in [9.17, 15) is 18.0 Å². The van der Waals surface area contributed by atoms with Crippen LogP contribution in [0.4, 0.5) is 5.69 Å².